The van der Waals surface area contributed by atoms with Crippen LogP contribution in [0.1, 0.15) is 121 Å². The number of hydrogen-bond donors (Lipinski definition) is 1. The first-order chi connectivity index (χ1) is 22.6. The molecule has 3 aliphatic rings. The van der Waals surface area contributed by atoms with Crippen LogP contribution >= 0.6 is 11.6 Å². The molecule has 2 heterocycles. The molecule has 2 aromatic carbocycles. The molecule has 1 aliphatic carbocycles. The van der Waals surface area contributed by atoms with Crippen molar-refractivity contribution >= 4 is 35.0 Å². The molecule has 2 aromatic rings. The van der Waals surface area contributed by atoms with E-state index in [2.05, 4.69) is 67.0 Å². The summed E-state index contributed by atoms with van der Waals surface area (Å²) < 4.78 is 5.88. The predicted molar refractivity (Wildman–Crippen MR) is 192 cm³/mol. The summed E-state index contributed by atoms with van der Waals surface area (Å²) in [6.45, 7) is 18.1. The fourth-order valence-electron chi connectivity index (χ4n) is 7.01. The summed E-state index contributed by atoms with van der Waals surface area (Å²) in [4.78, 5) is 39.3. The SMILES string of the molecule is CC(C)Oc1ccc(C2=NC3(CCC(C(C)(C)C)CC3)N([C@H](CCC(C)(C)C)c3ccc(C(=O)NCC4=NCN=N4)cc3)C2=O)cc1Cl. The van der Waals surface area contributed by atoms with Gasteiger partial charge in [0.1, 0.15) is 17.1 Å². The summed E-state index contributed by atoms with van der Waals surface area (Å²) >= 11 is 6.69. The van der Waals surface area contributed by atoms with Crippen LogP contribution in [0.3, 0.4) is 0 Å². The summed E-state index contributed by atoms with van der Waals surface area (Å²) in [6.07, 6.45) is 5.21. The van der Waals surface area contributed by atoms with Gasteiger partial charge in [-0.1, -0.05) is 65.3 Å². The van der Waals surface area contributed by atoms with E-state index >= 15 is 0 Å². The Labute approximate surface area is 290 Å². The topological polar surface area (TPSA) is 108 Å². The van der Waals surface area contributed by atoms with Gasteiger partial charge in [-0.05, 0) is 105 Å². The first-order valence-corrected chi connectivity index (χ1v) is 17.6. The zero-order valence-corrected chi connectivity index (χ0v) is 30.5. The number of aliphatic imine (C=N–C) groups is 2. The highest BCUT2D eigenvalue weighted by Crippen LogP contribution is 2.50. The summed E-state index contributed by atoms with van der Waals surface area (Å²) in [7, 11) is 0. The third-order valence-electron chi connectivity index (χ3n) is 9.72. The Morgan fingerprint density at radius 3 is 2.31 bits per heavy atom. The molecule has 2 amide bonds. The molecule has 0 radical (unpaired) electrons. The van der Waals surface area contributed by atoms with Gasteiger partial charge < -0.3 is 15.0 Å². The monoisotopic (exact) mass is 674 g/mol. The molecule has 1 spiro atoms. The number of carbonyl (C=O) groups excluding carboxylic acids is 2. The number of amides is 2. The van der Waals surface area contributed by atoms with Crippen LogP contribution in [-0.4, -0.2) is 53.2 Å². The van der Waals surface area contributed by atoms with Gasteiger partial charge in [-0.2, -0.15) is 5.11 Å². The molecular formula is C38H51ClN6O3. The third kappa shape index (κ3) is 8.16. The Morgan fingerprint density at radius 1 is 1.06 bits per heavy atom. The first kappa shape index (κ1) is 35.7. The molecule has 258 valence electrons. The Bertz CT molecular complexity index is 1590. The van der Waals surface area contributed by atoms with E-state index in [4.69, 9.17) is 21.3 Å². The zero-order valence-electron chi connectivity index (χ0n) is 29.8. The highest BCUT2D eigenvalue weighted by Gasteiger charge is 2.52. The van der Waals surface area contributed by atoms with Gasteiger partial charge in [-0.25, -0.2) is 4.99 Å². The minimum Gasteiger partial charge on any atom is -0.489 e. The van der Waals surface area contributed by atoms with Crippen molar-refractivity contribution in [1.82, 2.24) is 10.2 Å². The molecule has 0 saturated heterocycles. The quantitative estimate of drug-likeness (QED) is 0.272. The second-order valence-electron chi connectivity index (χ2n) is 15.9. The third-order valence-corrected chi connectivity index (χ3v) is 10.0. The van der Waals surface area contributed by atoms with Gasteiger partial charge >= 0.3 is 0 Å². The van der Waals surface area contributed by atoms with Gasteiger partial charge in [-0.3, -0.25) is 14.6 Å². The lowest BCUT2D eigenvalue weighted by molar-refractivity contribution is -0.134. The number of halogens is 1. The number of benzene rings is 2. The van der Waals surface area contributed by atoms with Crippen molar-refractivity contribution in [2.45, 2.75) is 112 Å². The van der Waals surface area contributed by atoms with E-state index in [9.17, 15) is 9.59 Å². The molecule has 0 unspecified atom stereocenters. The van der Waals surface area contributed by atoms with Crippen molar-refractivity contribution in [3.8, 4) is 5.75 Å². The van der Waals surface area contributed by atoms with Crippen molar-refractivity contribution < 1.29 is 14.3 Å². The number of amidine groups is 1. The number of ether oxygens (including phenoxy) is 1. The van der Waals surface area contributed by atoms with Gasteiger partial charge in [-0.15, -0.1) is 5.11 Å². The molecule has 5 rings (SSSR count). The highest BCUT2D eigenvalue weighted by molar-refractivity contribution is 6.47. The van der Waals surface area contributed by atoms with Crippen LogP contribution in [0.2, 0.25) is 5.02 Å². The van der Waals surface area contributed by atoms with Crippen molar-refractivity contribution in [2.75, 3.05) is 13.2 Å². The molecule has 1 N–H and O–H groups in total. The number of hydrogen-bond acceptors (Lipinski definition) is 7. The van der Waals surface area contributed by atoms with E-state index < -0.39 is 5.66 Å². The van der Waals surface area contributed by atoms with Crippen LogP contribution in [0.5, 0.6) is 5.75 Å². The highest BCUT2D eigenvalue weighted by atomic mass is 35.5. The van der Waals surface area contributed by atoms with Gasteiger partial charge in [0.05, 0.1) is 23.7 Å². The van der Waals surface area contributed by atoms with E-state index in [0.717, 1.165) is 44.1 Å². The van der Waals surface area contributed by atoms with Crippen LogP contribution < -0.4 is 10.1 Å². The lowest BCUT2D eigenvalue weighted by atomic mass is 9.69. The molecular weight excluding hydrogens is 624 g/mol. The Kier molecular flexibility index (Phi) is 10.5. The largest absolute Gasteiger partial charge is 0.489 e. The molecule has 1 fully saturated rings. The maximum atomic E-state index is 14.8. The van der Waals surface area contributed by atoms with Gasteiger partial charge in [0.25, 0.3) is 11.8 Å². The van der Waals surface area contributed by atoms with E-state index in [0.29, 0.717) is 46.0 Å². The second-order valence-corrected chi connectivity index (χ2v) is 16.4. The van der Waals surface area contributed by atoms with Crippen LogP contribution in [0.25, 0.3) is 0 Å². The minimum absolute atomic E-state index is 0.0234. The van der Waals surface area contributed by atoms with E-state index in [1.54, 1.807) is 0 Å². The molecule has 2 aliphatic heterocycles. The lowest BCUT2D eigenvalue weighted by Gasteiger charge is -2.47. The lowest BCUT2D eigenvalue weighted by Crippen LogP contribution is -2.51. The minimum atomic E-state index is -0.664. The smallest absolute Gasteiger partial charge is 0.275 e. The fraction of sp³-hybridized carbons (Fsp3) is 0.579. The predicted octanol–water partition coefficient (Wildman–Crippen LogP) is 8.81. The fourth-order valence-corrected chi connectivity index (χ4v) is 7.24. The average Bonchev–Trinajstić information content (AvgIpc) is 3.63. The Hall–Kier alpha value is -3.59. The Balaban J connectivity index is 1.50. The molecule has 9 nitrogen and oxygen atoms in total. The van der Waals surface area contributed by atoms with Gasteiger partial charge in [0, 0.05) is 11.1 Å². The molecule has 0 aromatic heterocycles. The molecule has 1 saturated carbocycles. The normalized spacial score (nSPS) is 21.9. The van der Waals surface area contributed by atoms with Crippen LogP contribution in [0, 0.1) is 16.7 Å². The zero-order chi connectivity index (χ0) is 34.9. The molecule has 10 heteroatoms. The number of azo groups is 1. The van der Waals surface area contributed by atoms with Gasteiger partial charge in [0.15, 0.2) is 12.5 Å². The van der Waals surface area contributed by atoms with Crippen LogP contribution in [0.15, 0.2) is 62.7 Å². The van der Waals surface area contributed by atoms with Crippen molar-refractivity contribution in [3.63, 3.8) is 0 Å². The van der Waals surface area contributed by atoms with E-state index in [1.165, 1.54) is 0 Å². The average molecular weight is 675 g/mol. The number of rotatable bonds is 10. The Morgan fingerprint density at radius 2 is 1.75 bits per heavy atom. The maximum Gasteiger partial charge on any atom is 0.275 e. The molecule has 0 bridgehead atoms. The molecule has 48 heavy (non-hydrogen) atoms. The van der Waals surface area contributed by atoms with Crippen molar-refractivity contribution in [1.29, 1.82) is 0 Å². The number of nitrogens with one attached hydrogen (secondary N) is 1. The van der Waals surface area contributed by atoms with Gasteiger partial charge in [0.2, 0.25) is 0 Å². The summed E-state index contributed by atoms with van der Waals surface area (Å²) in [5, 5.41) is 11.1. The van der Waals surface area contributed by atoms with Crippen molar-refractivity contribution in [2.24, 2.45) is 37.0 Å². The summed E-state index contributed by atoms with van der Waals surface area (Å²) in [6, 6.07) is 13.0. The van der Waals surface area contributed by atoms with E-state index in [1.807, 2.05) is 56.3 Å². The first-order valence-electron chi connectivity index (χ1n) is 17.3. The second kappa shape index (κ2) is 14.1. The van der Waals surface area contributed by atoms with Crippen LogP contribution in [0.4, 0.5) is 0 Å². The summed E-state index contributed by atoms with van der Waals surface area (Å²) in [5.41, 5.74) is 2.25. The van der Waals surface area contributed by atoms with E-state index in [-0.39, 0.29) is 41.3 Å². The van der Waals surface area contributed by atoms with Crippen molar-refractivity contribution in [3.05, 3.63) is 64.2 Å². The standard InChI is InChI=1S/C38H51ClN6O3/c1-24(2)48-31-14-13-27(21-29(31)39)33-35(47)45(38(43-33)19-15-28(16-20-38)37(6,7)8)30(17-18-36(3,4)5)25-9-11-26(12-10-25)34(46)40-22-32-41-23-42-44-32/h9-14,21,24,28,30H,15-20,22-23H2,1-8H3,(H,40,46)/t28?,30-,38?/m1/s1. The van der Waals surface area contributed by atoms with Crippen LogP contribution in [-0.2, 0) is 4.79 Å². The number of nitrogens with zero attached hydrogens (tertiary/aromatic N) is 5. The molecule has 1 atom stereocenters. The summed E-state index contributed by atoms with van der Waals surface area (Å²) in [5.74, 6) is 1.36. The maximum absolute atomic E-state index is 14.8. The number of carbonyl (C=O) groups is 2.